The molecule has 1 fully saturated rings. The summed E-state index contributed by atoms with van der Waals surface area (Å²) < 4.78 is 22.4. The molecule has 1 amide bonds. The summed E-state index contributed by atoms with van der Waals surface area (Å²) in [6, 6.07) is 7.13. The molecule has 1 saturated heterocycles. The molecule has 3 N–H and O–H groups in total. The molecular weight excluding hydrogens is 302 g/mol. The van der Waals surface area contributed by atoms with E-state index in [0.29, 0.717) is 17.8 Å². The average molecular weight is 325 g/mol. The van der Waals surface area contributed by atoms with Crippen LogP contribution >= 0.6 is 0 Å². The second-order valence-electron chi connectivity index (χ2n) is 5.81. The van der Waals surface area contributed by atoms with Gasteiger partial charge in [0.25, 0.3) is 5.91 Å². The Kier molecular flexibility index (Phi) is 5.42. The number of nitrogens with one attached hydrogen (secondary N) is 1. The molecule has 1 heterocycles. The van der Waals surface area contributed by atoms with E-state index in [-0.39, 0.29) is 17.7 Å². The maximum absolute atomic E-state index is 12.2. The predicted octanol–water partition coefficient (Wildman–Crippen LogP) is 0.508. The molecule has 0 atom stereocenters. The van der Waals surface area contributed by atoms with Crippen molar-refractivity contribution in [2.75, 3.05) is 37.4 Å². The van der Waals surface area contributed by atoms with Gasteiger partial charge in [-0.2, -0.15) is 0 Å². The summed E-state index contributed by atoms with van der Waals surface area (Å²) in [5.74, 6) is 0.0394. The minimum absolute atomic E-state index is 0.113. The number of carbonyl (C=O) groups excluding carboxylic acids is 1. The van der Waals surface area contributed by atoms with Gasteiger partial charge < -0.3 is 16.0 Å². The number of anilines is 1. The maximum atomic E-state index is 12.2. The predicted molar refractivity (Wildman–Crippen MR) is 87.5 cm³/mol. The summed E-state index contributed by atoms with van der Waals surface area (Å²) in [4.78, 5) is 14.3. The molecule has 0 saturated carbocycles. The van der Waals surface area contributed by atoms with Crippen LogP contribution in [0.4, 0.5) is 5.69 Å². The largest absolute Gasteiger partial charge is 0.398 e. The molecule has 0 unspecified atom stereocenters. The van der Waals surface area contributed by atoms with Gasteiger partial charge in [-0.05, 0) is 25.0 Å². The third-order valence-corrected chi connectivity index (χ3v) is 4.83. The van der Waals surface area contributed by atoms with E-state index in [2.05, 4.69) is 10.2 Å². The van der Waals surface area contributed by atoms with E-state index in [9.17, 15) is 13.2 Å². The Hall–Kier alpha value is -1.60. The van der Waals surface area contributed by atoms with E-state index in [1.54, 1.807) is 24.3 Å². The highest BCUT2D eigenvalue weighted by Gasteiger charge is 2.22. The van der Waals surface area contributed by atoms with Crippen molar-refractivity contribution in [1.29, 1.82) is 0 Å². The van der Waals surface area contributed by atoms with Crippen LogP contribution in [0.25, 0.3) is 0 Å². The van der Waals surface area contributed by atoms with Gasteiger partial charge in [0.05, 0.1) is 11.3 Å². The Morgan fingerprint density at radius 2 is 1.95 bits per heavy atom. The van der Waals surface area contributed by atoms with Crippen molar-refractivity contribution in [3.05, 3.63) is 29.8 Å². The molecule has 122 valence electrons. The first-order valence-electron chi connectivity index (χ1n) is 7.40. The molecule has 0 aliphatic carbocycles. The van der Waals surface area contributed by atoms with Crippen LogP contribution < -0.4 is 11.1 Å². The lowest BCUT2D eigenvalue weighted by atomic mass is 10.0. The second-order valence-corrected chi connectivity index (χ2v) is 8.07. The number of nitrogens with two attached hydrogens (primary N) is 1. The molecule has 2 rings (SSSR count). The molecule has 7 heteroatoms. The van der Waals surface area contributed by atoms with Crippen molar-refractivity contribution < 1.29 is 13.2 Å². The fraction of sp³-hybridized carbons (Fsp3) is 0.533. The van der Waals surface area contributed by atoms with Gasteiger partial charge in [-0.15, -0.1) is 0 Å². The summed E-state index contributed by atoms with van der Waals surface area (Å²) in [5, 5.41) is 3.01. The lowest BCUT2D eigenvalue weighted by Crippen LogP contribution is -2.45. The molecular formula is C15H23N3O3S. The molecule has 0 aromatic heterocycles. The van der Waals surface area contributed by atoms with Gasteiger partial charge in [-0.3, -0.25) is 4.79 Å². The van der Waals surface area contributed by atoms with E-state index < -0.39 is 9.84 Å². The first-order valence-corrected chi connectivity index (χ1v) is 9.46. The molecule has 6 nitrogen and oxygen atoms in total. The number of likely N-dealkylation sites (tertiary alicyclic amines) is 1. The van der Waals surface area contributed by atoms with Crippen LogP contribution in [-0.4, -0.2) is 56.9 Å². The first-order chi connectivity index (χ1) is 10.3. The quantitative estimate of drug-likeness (QED) is 0.770. The lowest BCUT2D eigenvalue weighted by molar-refractivity contribution is 0.0914. The van der Waals surface area contributed by atoms with Gasteiger partial charge in [0.2, 0.25) is 0 Å². The summed E-state index contributed by atoms with van der Waals surface area (Å²) >= 11 is 0. The molecule has 1 aliphatic heterocycles. The smallest absolute Gasteiger partial charge is 0.253 e. The Morgan fingerprint density at radius 1 is 1.32 bits per heavy atom. The zero-order valence-corrected chi connectivity index (χ0v) is 13.6. The van der Waals surface area contributed by atoms with Gasteiger partial charge in [0.15, 0.2) is 0 Å². The summed E-state index contributed by atoms with van der Waals surface area (Å²) in [5.41, 5.74) is 6.78. The first kappa shape index (κ1) is 16.8. The van der Waals surface area contributed by atoms with E-state index in [4.69, 9.17) is 5.73 Å². The van der Waals surface area contributed by atoms with Crippen LogP contribution in [-0.2, 0) is 9.84 Å². The zero-order valence-electron chi connectivity index (χ0n) is 12.8. The molecule has 1 aromatic carbocycles. The van der Waals surface area contributed by atoms with Crippen LogP contribution in [0.5, 0.6) is 0 Å². The van der Waals surface area contributed by atoms with Crippen molar-refractivity contribution >= 4 is 21.4 Å². The SMILES string of the molecule is CS(=O)(=O)CCN1CCC(NC(=O)c2ccccc2N)CC1. The van der Waals surface area contributed by atoms with Crippen molar-refractivity contribution in [1.82, 2.24) is 10.2 Å². The minimum atomic E-state index is -2.92. The molecule has 1 aromatic rings. The van der Waals surface area contributed by atoms with Gasteiger partial charge in [-0.25, -0.2) is 8.42 Å². The van der Waals surface area contributed by atoms with Crippen LogP contribution in [0.1, 0.15) is 23.2 Å². The van der Waals surface area contributed by atoms with Crippen molar-refractivity contribution in [2.45, 2.75) is 18.9 Å². The fourth-order valence-electron chi connectivity index (χ4n) is 2.56. The number of hydrogen-bond donors (Lipinski definition) is 2. The molecule has 22 heavy (non-hydrogen) atoms. The number of rotatable bonds is 5. The molecule has 1 aliphatic rings. The summed E-state index contributed by atoms with van der Waals surface area (Å²) in [6.45, 7) is 2.15. The average Bonchev–Trinajstić information content (AvgIpc) is 2.46. The van der Waals surface area contributed by atoms with E-state index in [0.717, 1.165) is 25.9 Å². The normalized spacial score (nSPS) is 17.3. The number of piperidine rings is 1. The van der Waals surface area contributed by atoms with Crippen molar-refractivity contribution in [2.24, 2.45) is 0 Å². The Bertz CT molecular complexity index is 623. The van der Waals surface area contributed by atoms with Gasteiger partial charge in [0, 0.05) is 37.6 Å². The van der Waals surface area contributed by atoms with E-state index in [1.807, 2.05) is 0 Å². The topological polar surface area (TPSA) is 92.5 Å². The van der Waals surface area contributed by atoms with Crippen LogP contribution in [0.2, 0.25) is 0 Å². The minimum Gasteiger partial charge on any atom is -0.398 e. The standard InChI is InChI=1S/C15H23N3O3S/c1-22(20,21)11-10-18-8-6-12(7-9-18)17-15(19)13-4-2-3-5-14(13)16/h2-5,12H,6-11,16H2,1H3,(H,17,19). The van der Waals surface area contributed by atoms with Crippen LogP contribution in [0.15, 0.2) is 24.3 Å². The monoisotopic (exact) mass is 325 g/mol. The number of nitrogens with zero attached hydrogens (tertiary/aromatic N) is 1. The summed E-state index contributed by atoms with van der Waals surface area (Å²) in [7, 11) is -2.92. The third-order valence-electron chi connectivity index (χ3n) is 3.91. The second kappa shape index (κ2) is 7.11. The highest BCUT2D eigenvalue weighted by molar-refractivity contribution is 7.90. The Morgan fingerprint density at radius 3 is 2.55 bits per heavy atom. The third kappa shape index (κ3) is 4.99. The molecule has 0 spiro atoms. The zero-order chi connectivity index (χ0) is 16.2. The number of amides is 1. The highest BCUT2D eigenvalue weighted by Crippen LogP contribution is 2.14. The van der Waals surface area contributed by atoms with Crippen LogP contribution in [0, 0.1) is 0 Å². The number of para-hydroxylation sites is 1. The molecule has 0 bridgehead atoms. The number of nitrogen functional groups attached to an aromatic ring is 1. The number of sulfone groups is 1. The number of benzene rings is 1. The van der Waals surface area contributed by atoms with E-state index in [1.165, 1.54) is 6.26 Å². The van der Waals surface area contributed by atoms with Crippen molar-refractivity contribution in [3.63, 3.8) is 0 Å². The fourth-order valence-corrected chi connectivity index (χ4v) is 3.15. The van der Waals surface area contributed by atoms with Gasteiger partial charge in [-0.1, -0.05) is 12.1 Å². The lowest BCUT2D eigenvalue weighted by Gasteiger charge is -2.32. The Labute approximate surface area is 131 Å². The van der Waals surface area contributed by atoms with Crippen molar-refractivity contribution in [3.8, 4) is 0 Å². The Balaban J connectivity index is 1.80. The highest BCUT2D eigenvalue weighted by atomic mass is 32.2. The maximum Gasteiger partial charge on any atom is 0.253 e. The van der Waals surface area contributed by atoms with Gasteiger partial charge in [0.1, 0.15) is 9.84 Å². The number of carbonyl (C=O) groups is 1. The van der Waals surface area contributed by atoms with Crippen LogP contribution in [0.3, 0.4) is 0 Å². The summed E-state index contributed by atoms with van der Waals surface area (Å²) in [6.07, 6.45) is 2.90. The van der Waals surface area contributed by atoms with Gasteiger partial charge >= 0.3 is 0 Å². The van der Waals surface area contributed by atoms with E-state index >= 15 is 0 Å². The number of hydrogen-bond acceptors (Lipinski definition) is 5. The molecule has 0 radical (unpaired) electrons.